The molecule has 0 amide bonds. The minimum atomic E-state index is 0.990. The summed E-state index contributed by atoms with van der Waals surface area (Å²) in [7, 11) is 0. The second kappa shape index (κ2) is 7.46. The molecule has 2 nitrogen and oxygen atoms in total. The second-order valence-corrected chi connectivity index (χ2v) is 4.76. The third kappa shape index (κ3) is 4.88. The van der Waals surface area contributed by atoms with E-state index in [0.717, 1.165) is 26.2 Å². The van der Waals surface area contributed by atoms with Crippen LogP contribution >= 0.6 is 0 Å². The first-order chi connectivity index (χ1) is 8.15. The molecule has 1 aromatic rings. The van der Waals surface area contributed by atoms with Crippen LogP contribution in [0.1, 0.15) is 35.6 Å². The van der Waals surface area contributed by atoms with Crippen molar-refractivity contribution < 1.29 is 0 Å². The summed E-state index contributed by atoms with van der Waals surface area (Å²) in [6, 6.07) is 4.53. The summed E-state index contributed by atoms with van der Waals surface area (Å²) >= 11 is 0. The van der Waals surface area contributed by atoms with Crippen molar-refractivity contribution in [1.29, 1.82) is 0 Å². The van der Waals surface area contributed by atoms with Gasteiger partial charge in [-0.25, -0.2) is 0 Å². The molecule has 1 rings (SSSR count). The maximum Gasteiger partial charge on any atom is 0.0210 e. The number of rotatable bonds is 7. The monoisotopic (exact) mass is 234 g/mol. The van der Waals surface area contributed by atoms with Crippen molar-refractivity contribution in [3.8, 4) is 0 Å². The minimum Gasteiger partial charge on any atom is -0.317 e. The van der Waals surface area contributed by atoms with Gasteiger partial charge in [0.05, 0.1) is 0 Å². The summed E-state index contributed by atoms with van der Waals surface area (Å²) in [6.07, 6.45) is 1.19. The van der Waals surface area contributed by atoms with Gasteiger partial charge in [0.15, 0.2) is 0 Å². The normalized spacial score (nSPS) is 10.8. The largest absolute Gasteiger partial charge is 0.317 e. The molecule has 0 atom stereocenters. The quantitative estimate of drug-likeness (QED) is 0.709. The summed E-state index contributed by atoms with van der Waals surface area (Å²) in [5, 5.41) is 6.86. The van der Waals surface area contributed by atoms with E-state index in [2.05, 4.69) is 50.5 Å². The predicted molar refractivity (Wildman–Crippen MR) is 75.5 cm³/mol. The zero-order chi connectivity index (χ0) is 12.7. The average molecular weight is 234 g/mol. The van der Waals surface area contributed by atoms with E-state index in [1.165, 1.54) is 28.7 Å². The van der Waals surface area contributed by atoms with Crippen molar-refractivity contribution in [2.45, 2.75) is 40.7 Å². The Balaban J connectivity index is 2.36. The Morgan fingerprint density at radius 3 is 2.12 bits per heavy atom. The van der Waals surface area contributed by atoms with Crippen molar-refractivity contribution in [1.82, 2.24) is 10.6 Å². The molecule has 0 fully saturated rings. The van der Waals surface area contributed by atoms with Crippen LogP contribution in [0.25, 0.3) is 0 Å². The Labute approximate surface area is 106 Å². The van der Waals surface area contributed by atoms with Gasteiger partial charge < -0.3 is 10.6 Å². The molecule has 0 heterocycles. The Kier molecular flexibility index (Phi) is 6.23. The van der Waals surface area contributed by atoms with E-state index in [4.69, 9.17) is 0 Å². The van der Waals surface area contributed by atoms with Gasteiger partial charge in [-0.15, -0.1) is 0 Å². The average Bonchev–Trinajstić information content (AvgIpc) is 2.26. The number of benzene rings is 1. The van der Waals surface area contributed by atoms with E-state index in [0.29, 0.717) is 0 Å². The molecule has 0 aliphatic rings. The topological polar surface area (TPSA) is 24.1 Å². The molecule has 0 radical (unpaired) electrons. The van der Waals surface area contributed by atoms with Gasteiger partial charge in [0.1, 0.15) is 0 Å². The molecule has 0 aromatic heterocycles. The van der Waals surface area contributed by atoms with Crippen LogP contribution < -0.4 is 10.6 Å². The highest BCUT2D eigenvalue weighted by Crippen LogP contribution is 2.15. The lowest BCUT2D eigenvalue weighted by Crippen LogP contribution is -2.22. The highest BCUT2D eigenvalue weighted by Gasteiger charge is 2.02. The lowest BCUT2D eigenvalue weighted by Gasteiger charge is -2.12. The van der Waals surface area contributed by atoms with Crippen molar-refractivity contribution in [3.05, 3.63) is 34.4 Å². The van der Waals surface area contributed by atoms with E-state index < -0.39 is 0 Å². The summed E-state index contributed by atoms with van der Waals surface area (Å²) in [5.41, 5.74) is 5.62. The summed E-state index contributed by atoms with van der Waals surface area (Å²) in [5.74, 6) is 0. The zero-order valence-electron chi connectivity index (χ0n) is 11.7. The van der Waals surface area contributed by atoms with Crippen molar-refractivity contribution in [3.63, 3.8) is 0 Å². The first-order valence-corrected chi connectivity index (χ1v) is 6.63. The van der Waals surface area contributed by atoms with Crippen molar-refractivity contribution in [2.75, 3.05) is 19.6 Å². The molecule has 1 aromatic carbocycles. The van der Waals surface area contributed by atoms with E-state index in [1.54, 1.807) is 0 Å². The summed E-state index contributed by atoms with van der Waals surface area (Å²) in [4.78, 5) is 0. The van der Waals surface area contributed by atoms with E-state index in [9.17, 15) is 0 Å². The smallest absolute Gasteiger partial charge is 0.0210 e. The lowest BCUT2D eigenvalue weighted by molar-refractivity contribution is 0.604. The van der Waals surface area contributed by atoms with E-state index in [1.807, 2.05) is 0 Å². The van der Waals surface area contributed by atoms with Gasteiger partial charge in [-0.3, -0.25) is 0 Å². The molecular weight excluding hydrogens is 208 g/mol. The Morgan fingerprint density at radius 2 is 1.53 bits per heavy atom. The fourth-order valence-electron chi connectivity index (χ4n) is 2.22. The molecule has 17 heavy (non-hydrogen) atoms. The fraction of sp³-hybridized carbons (Fsp3) is 0.600. The van der Waals surface area contributed by atoms with Gasteiger partial charge >= 0.3 is 0 Å². The minimum absolute atomic E-state index is 0.990. The van der Waals surface area contributed by atoms with Crippen LogP contribution in [-0.2, 0) is 6.54 Å². The van der Waals surface area contributed by atoms with Gasteiger partial charge in [-0.2, -0.15) is 0 Å². The molecule has 2 heteroatoms. The predicted octanol–water partition coefficient (Wildman–Crippen LogP) is 2.70. The van der Waals surface area contributed by atoms with Crippen LogP contribution in [0, 0.1) is 20.8 Å². The summed E-state index contributed by atoms with van der Waals surface area (Å²) < 4.78 is 0. The van der Waals surface area contributed by atoms with Gasteiger partial charge in [0.2, 0.25) is 0 Å². The van der Waals surface area contributed by atoms with Crippen molar-refractivity contribution >= 4 is 0 Å². The lowest BCUT2D eigenvalue weighted by atomic mass is 10.00. The molecule has 0 saturated heterocycles. The fourth-order valence-corrected chi connectivity index (χ4v) is 2.22. The number of hydrogen-bond acceptors (Lipinski definition) is 2. The molecule has 0 bridgehead atoms. The van der Waals surface area contributed by atoms with Gasteiger partial charge in [0.25, 0.3) is 0 Å². The molecule has 2 N–H and O–H groups in total. The first kappa shape index (κ1) is 14.2. The molecule has 0 aliphatic carbocycles. The van der Waals surface area contributed by atoms with Crippen LogP contribution in [-0.4, -0.2) is 19.6 Å². The van der Waals surface area contributed by atoms with Crippen LogP contribution in [0.3, 0.4) is 0 Å². The zero-order valence-corrected chi connectivity index (χ0v) is 11.7. The number of aryl methyl sites for hydroxylation is 3. The molecule has 96 valence electrons. The highest BCUT2D eigenvalue weighted by atomic mass is 14.9. The maximum atomic E-state index is 3.52. The van der Waals surface area contributed by atoms with E-state index in [-0.39, 0.29) is 0 Å². The van der Waals surface area contributed by atoms with Crippen molar-refractivity contribution in [2.24, 2.45) is 0 Å². The Hall–Kier alpha value is -0.860. The van der Waals surface area contributed by atoms with Gasteiger partial charge in [0, 0.05) is 6.54 Å². The molecule has 0 spiro atoms. The van der Waals surface area contributed by atoms with Crippen LogP contribution in [0.2, 0.25) is 0 Å². The highest BCUT2D eigenvalue weighted by molar-refractivity contribution is 5.37. The third-order valence-corrected chi connectivity index (χ3v) is 3.10. The van der Waals surface area contributed by atoms with Crippen LogP contribution in [0.5, 0.6) is 0 Å². The number of nitrogens with one attached hydrogen (secondary N) is 2. The Morgan fingerprint density at radius 1 is 0.941 bits per heavy atom. The standard InChI is InChI=1S/C15H26N2/c1-5-16-7-6-8-17-11-15-13(3)9-12(2)10-14(15)4/h9-10,16-17H,5-8,11H2,1-4H3. The van der Waals surface area contributed by atoms with Crippen LogP contribution in [0.15, 0.2) is 12.1 Å². The molecule has 0 unspecified atom stereocenters. The van der Waals surface area contributed by atoms with Gasteiger partial charge in [-0.1, -0.05) is 24.6 Å². The number of hydrogen-bond donors (Lipinski definition) is 2. The molecule has 0 saturated carbocycles. The SMILES string of the molecule is CCNCCCNCc1c(C)cc(C)cc1C. The molecule has 0 aliphatic heterocycles. The third-order valence-electron chi connectivity index (χ3n) is 3.10. The van der Waals surface area contributed by atoms with E-state index >= 15 is 0 Å². The maximum absolute atomic E-state index is 3.52. The first-order valence-electron chi connectivity index (χ1n) is 6.63. The Bertz CT molecular complexity index is 322. The summed E-state index contributed by atoms with van der Waals surface area (Å²) in [6.45, 7) is 13.0. The van der Waals surface area contributed by atoms with Gasteiger partial charge in [-0.05, 0) is 63.5 Å². The second-order valence-electron chi connectivity index (χ2n) is 4.76. The van der Waals surface area contributed by atoms with Crippen LogP contribution in [0.4, 0.5) is 0 Å². The molecular formula is C15H26N2.